The van der Waals surface area contributed by atoms with Gasteiger partial charge in [0.25, 0.3) is 5.91 Å². The number of thiazole rings is 1. The molecule has 182 valence electrons. The summed E-state index contributed by atoms with van der Waals surface area (Å²) < 4.78 is 11.8. The van der Waals surface area contributed by atoms with Crippen molar-refractivity contribution in [1.29, 1.82) is 0 Å². The van der Waals surface area contributed by atoms with Crippen LogP contribution in [-0.4, -0.2) is 70.1 Å². The zero-order valence-electron chi connectivity index (χ0n) is 20.3. The number of nitrogens with two attached hydrogens (primary N) is 1. The smallest absolute Gasteiger partial charge is 0.327 e. The minimum atomic E-state index is -0.0837. The molecule has 2 N–H and O–H groups in total. The highest BCUT2D eigenvalue weighted by molar-refractivity contribution is 7.18. The molecule has 34 heavy (non-hydrogen) atoms. The lowest BCUT2D eigenvalue weighted by molar-refractivity contribution is -0.00576. The normalized spacial score (nSPS) is 17.5. The Bertz CT molecular complexity index is 1090. The molecule has 2 atom stereocenters. The fraction of sp³-hybridized carbons (Fsp3) is 0.435. The molecule has 2 aromatic heterocycles. The van der Waals surface area contributed by atoms with E-state index in [0.717, 1.165) is 4.88 Å². The molecule has 1 aliphatic rings. The van der Waals surface area contributed by atoms with Crippen LogP contribution < -0.4 is 15.4 Å². The van der Waals surface area contributed by atoms with Gasteiger partial charge in [0.15, 0.2) is 11.0 Å². The van der Waals surface area contributed by atoms with Gasteiger partial charge in [0.2, 0.25) is 5.95 Å². The average molecular weight is 486 g/mol. The van der Waals surface area contributed by atoms with Gasteiger partial charge in [-0.15, -0.1) is 0 Å². The number of nitrogens with zero attached hydrogens (tertiary/aromatic N) is 6. The summed E-state index contributed by atoms with van der Waals surface area (Å²) in [6.45, 7) is 9.34. The van der Waals surface area contributed by atoms with Gasteiger partial charge in [0.05, 0.1) is 23.3 Å². The summed E-state index contributed by atoms with van der Waals surface area (Å²) in [6, 6.07) is 6.98. The fourth-order valence-corrected chi connectivity index (χ4v) is 4.02. The number of nitrogen functional groups attached to an aromatic ring is 1. The van der Waals surface area contributed by atoms with E-state index >= 15 is 0 Å². The standard InChI is InChI=1S/C21H25N7O3S.C2H6/c1-12-10-28(11-13(2)30-12)20-24-17(16-9-23-19(22)32-16)25-21(26-20)31-15-7-5-14(6-8-15)18(29)27(3)4;1-2/h5-9,12-13H,10-11H2,1-4H3,(H2,22,23);1-2H3/t12-,13+;. The predicted octanol–water partition coefficient (Wildman–Crippen LogP) is 3.71. The molecular formula is C23H31N7O3S. The minimum Gasteiger partial charge on any atom is -0.424 e. The van der Waals surface area contributed by atoms with Gasteiger partial charge >= 0.3 is 6.01 Å². The number of anilines is 2. The van der Waals surface area contributed by atoms with Crippen molar-refractivity contribution < 1.29 is 14.3 Å². The Morgan fingerprint density at radius 1 is 1.12 bits per heavy atom. The van der Waals surface area contributed by atoms with Crippen LogP contribution in [0.4, 0.5) is 11.1 Å². The molecule has 1 saturated heterocycles. The maximum atomic E-state index is 12.1. The van der Waals surface area contributed by atoms with Crippen LogP contribution in [0.15, 0.2) is 30.5 Å². The van der Waals surface area contributed by atoms with Crippen LogP contribution in [0, 0.1) is 0 Å². The van der Waals surface area contributed by atoms with Crippen molar-refractivity contribution >= 4 is 28.3 Å². The van der Waals surface area contributed by atoms with Crippen molar-refractivity contribution in [2.75, 3.05) is 37.8 Å². The second-order valence-electron chi connectivity index (χ2n) is 7.79. The number of aromatic nitrogens is 4. The summed E-state index contributed by atoms with van der Waals surface area (Å²) in [4.78, 5) is 34.2. The van der Waals surface area contributed by atoms with E-state index in [1.165, 1.54) is 16.2 Å². The maximum absolute atomic E-state index is 12.1. The van der Waals surface area contributed by atoms with E-state index in [0.29, 0.717) is 41.3 Å². The van der Waals surface area contributed by atoms with E-state index in [-0.39, 0.29) is 24.1 Å². The van der Waals surface area contributed by atoms with Gasteiger partial charge in [0, 0.05) is 32.7 Å². The van der Waals surface area contributed by atoms with Crippen molar-refractivity contribution in [3.8, 4) is 22.5 Å². The summed E-state index contributed by atoms with van der Waals surface area (Å²) in [5.41, 5.74) is 6.37. The van der Waals surface area contributed by atoms with E-state index in [1.54, 1.807) is 44.6 Å². The summed E-state index contributed by atoms with van der Waals surface area (Å²) in [5.74, 6) is 1.36. The number of ether oxygens (including phenoxy) is 2. The van der Waals surface area contributed by atoms with Gasteiger partial charge in [-0.3, -0.25) is 4.79 Å². The molecule has 1 aromatic carbocycles. The van der Waals surface area contributed by atoms with Crippen LogP contribution in [0.2, 0.25) is 0 Å². The van der Waals surface area contributed by atoms with Crippen LogP contribution in [0.1, 0.15) is 38.1 Å². The molecule has 1 fully saturated rings. The molecule has 1 aliphatic heterocycles. The van der Waals surface area contributed by atoms with E-state index in [4.69, 9.17) is 15.2 Å². The topological polar surface area (TPSA) is 120 Å². The van der Waals surface area contributed by atoms with Crippen LogP contribution in [-0.2, 0) is 4.74 Å². The summed E-state index contributed by atoms with van der Waals surface area (Å²) in [7, 11) is 3.42. The first-order valence-corrected chi connectivity index (χ1v) is 12.0. The highest BCUT2D eigenvalue weighted by Gasteiger charge is 2.26. The Hall–Kier alpha value is -3.31. The van der Waals surface area contributed by atoms with E-state index in [1.807, 2.05) is 27.7 Å². The quantitative estimate of drug-likeness (QED) is 0.576. The summed E-state index contributed by atoms with van der Waals surface area (Å²) >= 11 is 1.29. The third kappa shape index (κ3) is 6.17. The lowest BCUT2D eigenvalue weighted by Gasteiger charge is -2.35. The van der Waals surface area contributed by atoms with Gasteiger partial charge in [-0.05, 0) is 38.1 Å². The fourth-order valence-electron chi connectivity index (χ4n) is 3.40. The number of carbonyl (C=O) groups is 1. The molecule has 0 aliphatic carbocycles. The van der Waals surface area contributed by atoms with Crippen LogP contribution in [0.25, 0.3) is 10.7 Å². The maximum Gasteiger partial charge on any atom is 0.327 e. The minimum absolute atomic E-state index is 0.0455. The molecule has 0 bridgehead atoms. The van der Waals surface area contributed by atoms with Crippen LogP contribution in [0.5, 0.6) is 11.8 Å². The summed E-state index contributed by atoms with van der Waals surface area (Å²) in [6.07, 6.45) is 1.73. The van der Waals surface area contributed by atoms with E-state index < -0.39 is 0 Å². The molecule has 3 aromatic rings. The Morgan fingerprint density at radius 2 is 1.76 bits per heavy atom. The number of morpholine rings is 1. The molecule has 11 heteroatoms. The molecule has 0 radical (unpaired) electrons. The van der Waals surface area contributed by atoms with Crippen molar-refractivity contribution in [2.45, 2.75) is 39.9 Å². The second kappa shape index (κ2) is 11.2. The molecule has 10 nitrogen and oxygen atoms in total. The van der Waals surface area contributed by atoms with Gasteiger partial charge in [-0.1, -0.05) is 25.2 Å². The van der Waals surface area contributed by atoms with Gasteiger partial charge in [0.1, 0.15) is 5.75 Å². The van der Waals surface area contributed by atoms with E-state index in [9.17, 15) is 4.79 Å². The average Bonchev–Trinajstić information content (AvgIpc) is 3.26. The van der Waals surface area contributed by atoms with Crippen molar-refractivity contribution in [3.05, 3.63) is 36.0 Å². The third-order valence-electron chi connectivity index (χ3n) is 4.77. The van der Waals surface area contributed by atoms with Crippen molar-refractivity contribution in [2.24, 2.45) is 0 Å². The molecule has 0 unspecified atom stereocenters. The van der Waals surface area contributed by atoms with E-state index in [2.05, 4.69) is 24.8 Å². The number of hydrogen-bond acceptors (Lipinski definition) is 10. The Kier molecular flexibility index (Phi) is 8.35. The number of rotatable bonds is 5. The Balaban J connectivity index is 0.00000158. The predicted molar refractivity (Wildman–Crippen MR) is 133 cm³/mol. The number of carbonyl (C=O) groups excluding carboxylic acids is 1. The molecule has 0 spiro atoms. The van der Waals surface area contributed by atoms with Gasteiger partial charge in [-0.25, -0.2) is 4.98 Å². The molecule has 3 heterocycles. The number of amides is 1. The second-order valence-corrected chi connectivity index (χ2v) is 8.85. The molecule has 1 amide bonds. The van der Waals surface area contributed by atoms with Crippen LogP contribution >= 0.6 is 11.3 Å². The lowest BCUT2D eigenvalue weighted by atomic mass is 10.2. The molecule has 4 rings (SSSR count). The monoisotopic (exact) mass is 485 g/mol. The number of benzene rings is 1. The van der Waals surface area contributed by atoms with Crippen molar-refractivity contribution in [1.82, 2.24) is 24.8 Å². The highest BCUT2D eigenvalue weighted by Crippen LogP contribution is 2.29. The molecular weight excluding hydrogens is 454 g/mol. The third-order valence-corrected chi connectivity index (χ3v) is 5.59. The van der Waals surface area contributed by atoms with Gasteiger partial charge in [-0.2, -0.15) is 15.0 Å². The Labute approximate surface area is 203 Å². The first kappa shape index (κ1) is 25.3. The van der Waals surface area contributed by atoms with Gasteiger partial charge < -0.3 is 25.0 Å². The largest absolute Gasteiger partial charge is 0.424 e. The highest BCUT2D eigenvalue weighted by atomic mass is 32.1. The zero-order valence-corrected chi connectivity index (χ0v) is 21.2. The van der Waals surface area contributed by atoms with Crippen LogP contribution in [0.3, 0.4) is 0 Å². The first-order valence-electron chi connectivity index (χ1n) is 11.2. The van der Waals surface area contributed by atoms with Crippen molar-refractivity contribution in [3.63, 3.8) is 0 Å². The first-order chi connectivity index (χ1) is 16.3. The summed E-state index contributed by atoms with van der Waals surface area (Å²) in [5, 5.41) is 0.430. The Morgan fingerprint density at radius 3 is 2.32 bits per heavy atom. The lowest BCUT2D eigenvalue weighted by Crippen LogP contribution is -2.46. The zero-order chi connectivity index (χ0) is 24.8. The SMILES string of the molecule is CC.C[C@@H]1CN(c2nc(Oc3ccc(C(=O)N(C)C)cc3)nc(-c3cnc(N)s3)n2)C[C@H](C)O1. The molecule has 0 saturated carbocycles. The number of hydrogen-bond donors (Lipinski definition) is 1.